The number of fused-ring (bicyclic) bond motifs is 1. The molecule has 0 spiro atoms. The van der Waals surface area contributed by atoms with E-state index in [0.717, 1.165) is 25.2 Å². The second-order valence-corrected chi connectivity index (χ2v) is 6.99. The van der Waals surface area contributed by atoms with Gasteiger partial charge >= 0.3 is 0 Å². The van der Waals surface area contributed by atoms with Crippen molar-refractivity contribution in [2.24, 2.45) is 0 Å². The lowest BCUT2D eigenvalue weighted by Gasteiger charge is -2.19. The molecule has 4 nitrogen and oxygen atoms in total. The van der Waals surface area contributed by atoms with Crippen LogP contribution in [0.5, 0.6) is 0 Å². The number of nitrogens with zero attached hydrogens (tertiary/aromatic N) is 1. The van der Waals surface area contributed by atoms with Crippen molar-refractivity contribution in [3.8, 4) is 0 Å². The van der Waals surface area contributed by atoms with Crippen LogP contribution >= 0.6 is 0 Å². The number of hydrogen-bond acceptors (Lipinski definition) is 4. The second-order valence-electron chi connectivity index (χ2n) is 6.99. The van der Waals surface area contributed by atoms with Crippen LogP contribution in [0.1, 0.15) is 35.2 Å². The van der Waals surface area contributed by atoms with Gasteiger partial charge in [0.05, 0.1) is 11.6 Å². The Morgan fingerprint density at radius 1 is 1.15 bits per heavy atom. The number of benzene rings is 2. The van der Waals surface area contributed by atoms with E-state index >= 15 is 0 Å². The molecule has 0 bridgehead atoms. The van der Waals surface area contributed by atoms with Gasteiger partial charge in [-0.15, -0.1) is 0 Å². The SMILES string of the molecule is C/C(=C\C(=O)c1ccc2c(=O)ccoc2c1)N1CCC(c2ccccc2)C1. The first-order valence-corrected chi connectivity index (χ1v) is 9.16. The Balaban J connectivity index is 1.51. The van der Waals surface area contributed by atoms with Crippen LogP contribution in [-0.2, 0) is 0 Å². The summed E-state index contributed by atoms with van der Waals surface area (Å²) in [5, 5.41) is 0.486. The van der Waals surface area contributed by atoms with Crippen molar-refractivity contribution in [2.75, 3.05) is 13.1 Å². The van der Waals surface area contributed by atoms with E-state index in [1.165, 1.54) is 17.9 Å². The Morgan fingerprint density at radius 2 is 1.96 bits per heavy atom. The van der Waals surface area contributed by atoms with Gasteiger partial charge in [-0.05, 0) is 31.0 Å². The minimum atomic E-state index is -0.106. The van der Waals surface area contributed by atoms with E-state index in [-0.39, 0.29) is 11.2 Å². The largest absolute Gasteiger partial charge is 0.464 e. The molecule has 4 rings (SSSR count). The molecule has 136 valence electrons. The Hall–Kier alpha value is -3.14. The second kappa shape index (κ2) is 7.23. The zero-order chi connectivity index (χ0) is 18.8. The molecular formula is C23H21NO3. The van der Waals surface area contributed by atoms with Gasteiger partial charge < -0.3 is 9.32 Å². The molecule has 2 heterocycles. The van der Waals surface area contributed by atoms with Gasteiger partial charge in [-0.2, -0.15) is 0 Å². The molecule has 2 aromatic carbocycles. The third kappa shape index (κ3) is 3.56. The van der Waals surface area contributed by atoms with Crippen LogP contribution in [0.25, 0.3) is 11.0 Å². The fraction of sp³-hybridized carbons (Fsp3) is 0.217. The number of carbonyl (C=O) groups is 1. The molecule has 0 N–H and O–H groups in total. The summed E-state index contributed by atoms with van der Waals surface area (Å²) < 4.78 is 5.37. The number of rotatable bonds is 4. The third-order valence-electron chi connectivity index (χ3n) is 5.24. The smallest absolute Gasteiger partial charge is 0.192 e. The standard InChI is InChI=1S/C23H21NO3/c1-16(24-11-9-19(15-24)17-5-3-2-4-6-17)13-22(26)18-7-8-20-21(25)10-12-27-23(20)14-18/h2-8,10,12-14,19H,9,11,15H2,1H3/b16-13+. The van der Waals surface area contributed by atoms with Gasteiger partial charge in [0.2, 0.25) is 0 Å². The van der Waals surface area contributed by atoms with Gasteiger partial charge in [0.25, 0.3) is 0 Å². The summed E-state index contributed by atoms with van der Waals surface area (Å²) in [5.41, 5.74) is 3.17. The minimum Gasteiger partial charge on any atom is -0.464 e. The van der Waals surface area contributed by atoms with Crippen LogP contribution in [0.2, 0.25) is 0 Å². The Bertz CT molecular complexity index is 1070. The molecule has 27 heavy (non-hydrogen) atoms. The van der Waals surface area contributed by atoms with Crippen molar-refractivity contribution in [1.82, 2.24) is 4.90 Å². The maximum Gasteiger partial charge on any atom is 0.192 e. The maximum absolute atomic E-state index is 12.7. The number of carbonyl (C=O) groups excluding carboxylic acids is 1. The summed E-state index contributed by atoms with van der Waals surface area (Å²) in [5.74, 6) is 0.420. The molecule has 0 radical (unpaired) electrons. The molecule has 0 amide bonds. The van der Waals surface area contributed by atoms with Gasteiger partial charge in [0.1, 0.15) is 5.58 Å². The summed E-state index contributed by atoms with van der Waals surface area (Å²) in [6.45, 7) is 3.85. The summed E-state index contributed by atoms with van der Waals surface area (Å²) in [4.78, 5) is 26.7. The van der Waals surface area contributed by atoms with Crippen molar-refractivity contribution in [2.45, 2.75) is 19.3 Å². The molecule has 1 unspecified atom stereocenters. The van der Waals surface area contributed by atoms with Crippen molar-refractivity contribution in [3.63, 3.8) is 0 Å². The molecule has 1 aliphatic heterocycles. The van der Waals surface area contributed by atoms with Crippen molar-refractivity contribution in [1.29, 1.82) is 0 Å². The van der Waals surface area contributed by atoms with Gasteiger partial charge in [0, 0.05) is 42.4 Å². The van der Waals surface area contributed by atoms with E-state index in [1.54, 1.807) is 24.3 Å². The number of likely N-dealkylation sites (tertiary alicyclic amines) is 1. The number of ketones is 1. The number of allylic oxidation sites excluding steroid dienone is 2. The average Bonchev–Trinajstić information content (AvgIpc) is 3.19. The molecule has 0 aliphatic carbocycles. The molecule has 3 aromatic rings. The van der Waals surface area contributed by atoms with E-state index in [0.29, 0.717) is 22.5 Å². The first-order chi connectivity index (χ1) is 13.1. The predicted molar refractivity (Wildman–Crippen MR) is 106 cm³/mol. The highest BCUT2D eigenvalue weighted by molar-refractivity contribution is 6.06. The lowest BCUT2D eigenvalue weighted by Crippen LogP contribution is -2.19. The number of hydrogen-bond donors (Lipinski definition) is 0. The van der Waals surface area contributed by atoms with E-state index < -0.39 is 0 Å². The van der Waals surface area contributed by atoms with Crippen molar-refractivity contribution in [3.05, 3.63) is 94.0 Å². The fourth-order valence-electron chi connectivity index (χ4n) is 3.68. The first-order valence-electron chi connectivity index (χ1n) is 9.16. The molecule has 0 saturated carbocycles. The molecule has 1 aromatic heterocycles. The van der Waals surface area contributed by atoms with Crippen molar-refractivity contribution < 1.29 is 9.21 Å². The van der Waals surface area contributed by atoms with Crippen LogP contribution in [0, 0.1) is 0 Å². The first kappa shape index (κ1) is 17.3. The van der Waals surface area contributed by atoms with Gasteiger partial charge in [-0.3, -0.25) is 9.59 Å². The highest BCUT2D eigenvalue weighted by Gasteiger charge is 2.24. The maximum atomic E-state index is 12.7. The molecular weight excluding hydrogens is 338 g/mol. The summed E-state index contributed by atoms with van der Waals surface area (Å²) >= 11 is 0. The summed E-state index contributed by atoms with van der Waals surface area (Å²) in [7, 11) is 0. The predicted octanol–water partition coefficient (Wildman–Crippen LogP) is 4.37. The van der Waals surface area contributed by atoms with Crippen molar-refractivity contribution >= 4 is 16.8 Å². The highest BCUT2D eigenvalue weighted by atomic mass is 16.3. The topological polar surface area (TPSA) is 50.5 Å². The molecule has 1 fully saturated rings. The van der Waals surface area contributed by atoms with Crippen LogP contribution < -0.4 is 5.43 Å². The monoisotopic (exact) mass is 359 g/mol. The van der Waals surface area contributed by atoms with Crippen LogP contribution in [0.15, 0.2) is 81.8 Å². The van der Waals surface area contributed by atoms with E-state index in [1.807, 2.05) is 13.0 Å². The molecule has 1 aliphatic rings. The normalized spacial score (nSPS) is 17.4. The minimum absolute atomic E-state index is 0.0796. The zero-order valence-corrected chi connectivity index (χ0v) is 15.2. The van der Waals surface area contributed by atoms with Gasteiger partial charge in [0.15, 0.2) is 11.2 Å². The molecule has 4 heteroatoms. The fourth-order valence-corrected chi connectivity index (χ4v) is 3.68. The molecule has 1 atom stereocenters. The summed E-state index contributed by atoms with van der Waals surface area (Å²) in [6, 6.07) is 16.9. The van der Waals surface area contributed by atoms with E-state index in [2.05, 4.69) is 29.2 Å². The zero-order valence-electron chi connectivity index (χ0n) is 15.2. The quantitative estimate of drug-likeness (QED) is 0.513. The lowest BCUT2D eigenvalue weighted by molar-refractivity contribution is 0.104. The highest BCUT2D eigenvalue weighted by Crippen LogP contribution is 2.29. The van der Waals surface area contributed by atoms with Gasteiger partial charge in [-0.25, -0.2) is 0 Å². The van der Waals surface area contributed by atoms with Gasteiger partial charge in [-0.1, -0.05) is 36.4 Å². The van der Waals surface area contributed by atoms with Crippen LogP contribution in [-0.4, -0.2) is 23.8 Å². The lowest BCUT2D eigenvalue weighted by atomic mass is 9.99. The Labute approximate surface area is 157 Å². The summed E-state index contributed by atoms with van der Waals surface area (Å²) in [6.07, 6.45) is 4.12. The Morgan fingerprint density at radius 3 is 2.78 bits per heavy atom. The van der Waals surface area contributed by atoms with Crippen LogP contribution in [0.4, 0.5) is 0 Å². The Kier molecular flexibility index (Phi) is 4.63. The average molecular weight is 359 g/mol. The van der Waals surface area contributed by atoms with Crippen LogP contribution in [0.3, 0.4) is 0 Å². The van der Waals surface area contributed by atoms with E-state index in [9.17, 15) is 9.59 Å². The molecule has 1 saturated heterocycles. The third-order valence-corrected chi connectivity index (χ3v) is 5.24. The van der Waals surface area contributed by atoms with E-state index in [4.69, 9.17) is 4.42 Å².